The van der Waals surface area contributed by atoms with E-state index in [1.807, 2.05) is 24.3 Å². The third-order valence-corrected chi connectivity index (χ3v) is 4.05. The zero-order valence-electron chi connectivity index (χ0n) is 12.8. The molecule has 114 valence electrons. The minimum Gasteiger partial charge on any atom is -0.493 e. The van der Waals surface area contributed by atoms with Gasteiger partial charge in [0.25, 0.3) is 0 Å². The van der Waals surface area contributed by atoms with Crippen molar-refractivity contribution in [1.29, 1.82) is 0 Å². The summed E-state index contributed by atoms with van der Waals surface area (Å²) in [6, 6.07) is 14.2. The SMILES string of the molecule is COc1ccc(-c2cccc(C3COB(O)C3)c2)cc1OC. The zero-order valence-corrected chi connectivity index (χ0v) is 12.8. The van der Waals surface area contributed by atoms with Crippen molar-refractivity contribution >= 4 is 7.12 Å². The first-order valence-electron chi connectivity index (χ1n) is 7.33. The van der Waals surface area contributed by atoms with Gasteiger partial charge in [-0.2, -0.15) is 0 Å². The van der Waals surface area contributed by atoms with Gasteiger partial charge in [-0.1, -0.05) is 30.3 Å². The molecular weight excluding hydrogens is 279 g/mol. The van der Waals surface area contributed by atoms with Crippen LogP contribution in [-0.4, -0.2) is 33.0 Å². The third kappa shape index (κ3) is 2.96. The third-order valence-electron chi connectivity index (χ3n) is 4.05. The highest BCUT2D eigenvalue weighted by Gasteiger charge is 2.29. The van der Waals surface area contributed by atoms with E-state index in [0.717, 1.165) is 16.9 Å². The maximum atomic E-state index is 9.52. The lowest BCUT2D eigenvalue weighted by Crippen LogP contribution is -2.07. The molecule has 1 aliphatic heterocycles. The lowest BCUT2D eigenvalue weighted by Gasteiger charge is -2.12. The summed E-state index contributed by atoms with van der Waals surface area (Å²) in [5.41, 5.74) is 3.36. The van der Waals surface area contributed by atoms with Gasteiger partial charge >= 0.3 is 7.12 Å². The van der Waals surface area contributed by atoms with Crippen LogP contribution >= 0.6 is 0 Å². The summed E-state index contributed by atoms with van der Waals surface area (Å²) < 4.78 is 15.9. The van der Waals surface area contributed by atoms with E-state index in [9.17, 15) is 5.02 Å². The summed E-state index contributed by atoms with van der Waals surface area (Å²) in [4.78, 5) is 0. The molecule has 2 aromatic rings. The Hall–Kier alpha value is -1.98. The van der Waals surface area contributed by atoms with Gasteiger partial charge in [0.15, 0.2) is 11.5 Å². The Bertz CT molecular complexity index is 659. The Morgan fingerprint density at radius 3 is 2.50 bits per heavy atom. The number of hydrogen-bond donors (Lipinski definition) is 1. The second-order valence-electron chi connectivity index (χ2n) is 5.42. The van der Waals surface area contributed by atoms with Gasteiger partial charge in [0, 0.05) is 12.5 Å². The fraction of sp³-hybridized carbons (Fsp3) is 0.294. The fourth-order valence-electron chi connectivity index (χ4n) is 2.83. The van der Waals surface area contributed by atoms with E-state index in [1.54, 1.807) is 14.2 Å². The molecule has 0 radical (unpaired) electrons. The van der Waals surface area contributed by atoms with Crippen molar-refractivity contribution < 1.29 is 19.2 Å². The molecule has 0 saturated carbocycles. The van der Waals surface area contributed by atoms with Gasteiger partial charge in [-0.25, -0.2) is 0 Å². The molecule has 22 heavy (non-hydrogen) atoms. The highest BCUT2D eigenvalue weighted by atomic mass is 16.5. The number of ether oxygens (including phenoxy) is 2. The van der Waals surface area contributed by atoms with Crippen molar-refractivity contribution in [1.82, 2.24) is 0 Å². The average Bonchev–Trinajstić information content (AvgIpc) is 3.01. The second kappa shape index (κ2) is 6.42. The summed E-state index contributed by atoms with van der Waals surface area (Å²) in [7, 11) is 2.62. The molecule has 1 N–H and O–H groups in total. The van der Waals surface area contributed by atoms with Crippen LogP contribution in [0.4, 0.5) is 0 Å². The summed E-state index contributed by atoms with van der Waals surface area (Å²) in [6.45, 7) is 0.566. The van der Waals surface area contributed by atoms with Gasteiger partial charge in [0.05, 0.1) is 14.2 Å². The number of rotatable bonds is 4. The van der Waals surface area contributed by atoms with Crippen LogP contribution in [0.3, 0.4) is 0 Å². The molecule has 0 bridgehead atoms. The molecule has 0 amide bonds. The summed E-state index contributed by atoms with van der Waals surface area (Å²) in [5, 5.41) is 9.52. The molecule has 4 nitrogen and oxygen atoms in total. The van der Waals surface area contributed by atoms with E-state index in [0.29, 0.717) is 18.7 Å². The highest BCUT2D eigenvalue weighted by Crippen LogP contribution is 2.34. The van der Waals surface area contributed by atoms with Crippen molar-refractivity contribution in [2.24, 2.45) is 0 Å². The lowest BCUT2D eigenvalue weighted by molar-refractivity contribution is 0.292. The molecule has 2 aromatic carbocycles. The first-order valence-corrected chi connectivity index (χ1v) is 7.33. The normalized spacial score (nSPS) is 17.6. The van der Waals surface area contributed by atoms with Crippen LogP contribution in [0.1, 0.15) is 11.5 Å². The fourth-order valence-corrected chi connectivity index (χ4v) is 2.83. The highest BCUT2D eigenvalue weighted by molar-refractivity contribution is 6.43. The maximum absolute atomic E-state index is 9.52. The lowest BCUT2D eigenvalue weighted by atomic mass is 9.79. The molecule has 1 heterocycles. The van der Waals surface area contributed by atoms with Gasteiger partial charge < -0.3 is 19.2 Å². The molecule has 1 unspecified atom stereocenters. The molecule has 1 saturated heterocycles. The van der Waals surface area contributed by atoms with Gasteiger partial charge in [0.2, 0.25) is 0 Å². The standard InChI is InChI=1S/C17H19BO4/c1-20-16-7-6-14(9-17(16)21-2)12-4-3-5-13(8-12)15-10-18(19)22-11-15/h3-9,15,19H,10-11H2,1-2H3. The quantitative estimate of drug-likeness (QED) is 0.882. The topological polar surface area (TPSA) is 47.9 Å². The van der Waals surface area contributed by atoms with Crippen LogP contribution < -0.4 is 9.47 Å². The van der Waals surface area contributed by atoms with Gasteiger partial charge in [-0.05, 0) is 35.1 Å². The van der Waals surface area contributed by atoms with Gasteiger partial charge in [-0.15, -0.1) is 0 Å². The number of benzene rings is 2. The van der Waals surface area contributed by atoms with E-state index in [1.165, 1.54) is 5.56 Å². The van der Waals surface area contributed by atoms with E-state index in [-0.39, 0.29) is 5.92 Å². The van der Waals surface area contributed by atoms with Gasteiger partial charge in [0.1, 0.15) is 0 Å². The van der Waals surface area contributed by atoms with Crippen molar-refractivity contribution in [3.05, 3.63) is 48.0 Å². The Balaban J connectivity index is 1.92. The predicted octanol–water partition coefficient (Wildman–Crippen LogP) is 2.97. The van der Waals surface area contributed by atoms with Crippen LogP contribution in [0.2, 0.25) is 6.32 Å². The molecule has 0 spiro atoms. The Morgan fingerprint density at radius 2 is 1.82 bits per heavy atom. The molecule has 3 rings (SSSR count). The second-order valence-corrected chi connectivity index (χ2v) is 5.42. The smallest absolute Gasteiger partial charge is 0.454 e. The van der Waals surface area contributed by atoms with Gasteiger partial charge in [-0.3, -0.25) is 0 Å². The average molecular weight is 298 g/mol. The summed E-state index contributed by atoms with van der Waals surface area (Å²) in [5.74, 6) is 1.68. The molecule has 0 aliphatic carbocycles. The first kappa shape index (κ1) is 14.9. The number of methoxy groups -OCH3 is 2. The largest absolute Gasteiger partial charge is 0.493 e. The van der Waals surface area contributed by atoms with E-state index >= 15 is 0 Å². The minimum atomic E-state index is -0.644. The molecular formula is C17H19BO4. The molecule has 1 atom stereocenters. The predicted molar refractivity (Wildman–Crippen MR) is 86.5 cm³/mol. The van der Waals surface area contributed by atoms with E-state index in [2.05, 4.69) is 18.2 Å². The van der Waals surface area contributed by atoms with Crippen LogP contribution in [0.25, 0.3) is 11.1 Å². The van der Waals surface area contributed by atoms with Crippen LogP contribution in [-0.2, 0) is 4.65 Å². The van der Waals surface area contributed by atoms with E-state index in [4.69, 9.17) is 14.1 Å². The first-order chi connectivity index (χ1) is 10.7. The summed E-state index contributed by atoms with van der Waals surface area (Å²) in [6.07, 6.45) is 0.648. The monoisotopic (exact) mass is 298 g/mol. The Labute approximate surface area is 130 Å². The Kier molecular flexibility index (Phi) is 4.36. The molecule has 5 heteroatoms. The molecule has 1 fully saturated rings. The van der Waals surface area contributed by atoms with Crippen molar-refractivity contribution in [3.8, 4) is 22.6 Å². The Morgan fingerprint density at radius 1 is 1.05 bits per heavy atom. The van der Waals surface area contributed by atoms with Crippen LogP contribution in [0, 0.1) is 0 Å². The van der Waals surface area contributed by atoms with Crippen molar-refractivity contribution in [2.75, 3.05) is 20.8 Å². The maximum Gasteiger partial charge on any atom is 0.454 e. The van der Waals surface area contributed by atoms with E-state index < -0.39 is 7.12 Å². The van der Waals surface area contributed by atoms with Crippen LogP contribution in [0.5, 0.6) is 11.5 Å². The summed E-state index contributed by atoms with van der Waals surface area (Å²) >= 11 is 0. The van der Waals surface area contributed by atoms with Crippen molar-refractivity contribution in [3.63, 3.8) is 0 Å². The van der Waals surface area contributed by atoms with Crippen LogP contribution in [0.15, 0.2) is 42.5 Å². The number of hydrogen-bond acceptors (Lipinski definition) is 4. The molecule has 0 aromatic heterocycles. The van der Waals surface area contributed by atoms with Crippen molar-refractivity contribution in [2.45, 2.75) is 12.2 Å². The molecule has 1 aliphatic rings. The zero-order chi connectivity index (χ0) is 15.5. The minimum absolute atomic E-state index is 0.245.